The number of halogens is 1. The van der Waals surface area contributed by atoms with E-state index in [1.54, 1.807) is 4.52 Å². The van der Waals surface area contributed by atoms with Crippen molar-refractivity contribution < 1.29 is 0 Å². The Balaban J connectivity index is 1.86. The predicted octanol–water partition coefficient (Wildman–Crippen LogP) is 1.89. The first kappa shape index (κ1) is 12.2. The van der Waals surface area contributed by atoms with Crippen molar-refractivity contribution in [1.29, 1.82) is 0 Å². The summed E-state index contributed by atoms with van der Waals surface area (Å²) in [4.78, 5) is 7.40. The first-order chi connectivity index (χ1) is 9.28. The second-order valence-corrected chi connectivity index (χ2v) is 4.87. The number of aromatic amines is 1. The lowest BCUT2D eigenvalue weighted by Crippen LogP contribution is -2.03. The smallest absolute Gasteiger partial charge is 0.155 e. The highest BCUT2D eigenvalue weighted by Gasteiger charge is 2.09. The first-order valence-electron chi connectivity index (χ1n) is 5.87. The van der Waals surface area contributed by atoms with E-state index >= 15 is 0 Å². The standard InChI is InChI=1S/C12H13BrN6/c13-12-9(5-14)17-11-2-1-10(18-19(11)12)16-7-8-3-4-15-6-8/h1-4,6,15H,5,7,14H2,(H,16,18). The van der Waals surface area contributed by atoms with Crippen LogP contribution < -0.4 is 11.1 Å². The molecule has 0 saturated heterocycles. The summed E-state index contributed by atoms with van der Waals surface area (Å²) in [6.45, 7) is 1.11. The zero-order valence-electron chi connectivity index (χ0n) is 10.1. The molecule has 0 fully saturated rings. The summed E-state index contributed by atoms with van der Waals surface area (Å²) >= 11 is 3.46. The van der Waals surface area contributed by atoms with Crippen molar-refractivity contribution in [2.45, 2.75) is 13.1 Å². The molecule has 0 aliphatic carbocycles. The highest BCUT2D eigenvalue weighted by Crippen LogP contribution is 2.18. The van der Waals surface area contributed by atoms with Crippen molar-refractivity contribution in [3.8, 4) is 0 Å². The van der Waals surface area contributed by atoms with Crippen LogP contribution in [-0.2, 0) is 13.1 Å². The number of nitrogens with two attached hydrogens (primary N) is 1. The van der Waals surface area contributed by atoms with Crippen LogP contribution in [0.4, 0.5) is 5.82 Å². The van der Waals surface area contributed by atoms with Crippen LogP contribution >= 0.6 is 15.9 Å². The Kier molecular flexibility index (Phi) is 3.22. The van der Waals surface area contributed by atoms with Gasteiger partial charge in [0, 0.05) is 25.5 Å². The van der Waals surface area contributed by atoms with Crippen molar-refractivity contribution in [2.75, 3.05) is 5.32 Å². The van der Waals surface area contributed by atoms with Gasteiger partial charge < -0.3 is 16.0 Å². The van der Waals surface area contributed by atoms with Gasteiger partial charge in [-0.25, -0.2) is 9.50 Å². The molecule has 0 bridgehead atoms. The zero-order chi connectivity index (χ0) is 13.2. The van der Waals surface area contributed by atoms with E-state index in [1.807, 2.05) is 30.6 Å². The van der Waals surface area contributed by atoms with Crippen LogP contribution in [0.5, 0.6) is 0 Å². The topological polar surface area (TPSA) is 84.0 Å². The van der Waals surface area contributed by atoms with E-state index in [-0.39, 0.29) is 0 Å². The molecule has 0 saturated carbocycles. The summed E-state index contributed by atoms with van der Waals surface area (Å²) in [6.07, 6.45) is 3.85. The Labute approximate surface area is 118 Å². The number of fused-ring (bicyclic) bond motifs is 1. The van der Waals surface area contributed by atoms with Crippen molar-refractivity contribution in [2.24, 2.45) is 5.73 Å². The average Bonchev–Trinajstić information content (AvgIpc) is 3.05. The van der Waals surface area contributed by atoms with Gasteiger partial charge in [-0.05, 0) is 39.7 Å². The van der Waals surface area contributed by atoms with E-state index in [9.17, 15) is 0 Å². The largest absolute Gasteiger partial charge is 0.367 e. The van der Waals surface area contributed by atoms with Crippen LogP contribution in [0.15, 0.2) is 35.2 Å². The minimum absolute atomic E-state index is 0.385. The fourth-order valence-electron chi connectivity index (χ4n) is 1.84. The van der Waals surface area contributed by atoms with E-state index in [0.717, 1.165) is 28.3 Å². The average molecular weight is 321 g/mol. The van der Waals surface area contributed by atoms with Crippen LogP contribution in [0.25, 0.3) is 5.65 Å². The Morgan fingerprint density at radius 2 is 2.26 bits per heavy atom. The van der Waals surface area contributed by atoms with Gasteiger partial charge in [-0.15, -0.1) is 5.10 Å². The summed E-state index contributed by atoms with van der Waals surface area (Å²) in [5.41, 5.74) is 8.38. The van der Waals surface area contributed by atoms with Crippen molar-refractivity contribution >= 4 is 27.4 Å². The van der Waals surface area contributed by atoms with Crippen molar-refractivity contribution in [1.82, 2.24) is 19.6 Å². The molecule has 0 unspecified atom stereocenters. The van der Waals surface area contributed by atoms with Gasteiger partial charge in [-0.2, -0.15) is 0 Å². The van der Waals surface area contributed by atoms with E-state index in [4.69, 9.17) is 5.73 Å². The number of aromatic nitrogens is 4. The second-order valence-electron chi connectivity index (χ2n) is 4.11. The number of hydrogen-bond acceptors (Lipinski definition) is 4. The molecular weight excluding hydrogens is 308 g/mol. The molecule has 0 aliphatic heterocycles. The maximum absolute atomic E-state index is 5.62. The van der Waals surface area contributed by atoms with Gasteiger partial charge in [0.2, 0.25) is 0 Å². The molecule has 0 atom stereocenters. The molecule has 0 spiro atoms. The highest BCUT2D eigenvalue weighted by molar-refractivity contribution is 9.10. The number of nitrogens with one attached hydrogen (secondary N) is 2. The molecule has 0 aromatic carbocycles. The molecular formula is C12H13BrN6. The van der Waals surface area contributed by atoms with Gasteiger partial charge in [0.05, 0.1) is 5.69 Å². The van der Waals surface area contributed by atoms with Crippen LogP contribution in [-0.4, -0.2) is 19.6 Å². The van der Waals surface area contributed by atoms with E-state index in [0.29, 0.717) is 6.54 Å². The summed E-state index contributed by atoms with van der Waals surface area (Å²) in [5, 5.41) is 7.74. The number of nitrogens with zero attached hydrogens (tertiary/aromatic N) is 3. The minimum Gasteiger partial charge on any atom is -0.367 e. The molecule has 3 aromatic heterocycles. The third-order valence-electron chi connectivity index (χ3n) is 2.82. The van der Waals surface area contributed by atoms with Crippen molar-refractivity contribution in [3.05, 3.63) is 46.5 Å². The Morgan fingerprint density at radius 3 is 3.00 bits per heavy atom. The third kappa shape index (κ3) is 2.34. The Hall–Kier alpha value is -1.86. The molecule has 0 aliphatic rings. The lowest BCUT2D eigenvalue weighted by Gasteiger charge is -2.04. The zero-order valence-corrected chi connectivity index (χ0v) is 11.7. The van der Waals surface area contributed by atoms with Crippen LogP contribution in [0.2, 0.25) is 0 Å². The van der Waals surface area contributed by atoms with Gasteiger partial charge in [-0.1, -0.05) is 0 Å². The van der Waals surface area contributed by atoms with Gasteiger partial charge in [-0.3, -0.25) is 0 Å². The number of hydrogen-bond donors (Lipinski definition) is 3. The molecule has 0 amide bonds. The Morgan fingerprint density at radius 1 is 1.37 bits per heavy atom. The Bertz CT molecular complexity index is 688. The summed E-state index contributed by atoms with van der Waals surface area (Å²) in [6, 6.07) is 5.84. The molecule has 3 aromatic rings. The van der Waals surface area contributed by atoms with Crippen LogP contribution in [0.1, 0.15) is 11.3 Å². The number of imidazole rings is 1. The lowest BCUT2D eigenvalue weighted by atomic mass is 10.3. The molecule has 0 radical (unpaired) electrons. The molecule has 19 heavy (non-hydrogen) atoms. The minimum atomic E-state index is 0.385. The monoisotopic (exact) mass is 320 g/mol. The van der Waals surface area contributed by atoms with Gasteiger partial charge in [0.25, 0.3) is 0 Å². The molecule has 3 rings (SSSR count). The molecule has 98 valence electrons. The second kappa shape index (κ2) is 5.02. The fraction of sp³-hybridized carbons (Fsp3) is 0.167. The van der Waals surface area contributed by atoms with Gasteiger partial charge in [0.15, 0.2) is 5.65 Å². The molecule has 4 N–H and O–H groups in total. The van der Waals surface area contributed by atoms with E-state index in [2.05, 4.69) is 36.3 Å². The summed E-state index contributed by atoms with van der Waals surface area (Å²) < 4.78 is 2.54. The van der Waals surface area contributed by atoms with Crippen LogP contribution in [0, 0.1) is 0 Å². The maximum atomic E-state index is 5.62. The highest BCUT2D eigenvalue weighted by atomic mass is 79.9. The van der Waals surface area contributed by atoms with E-state index in [1.165, 1.54) is 5.56 Å². The molecule has 7 heteroatoms. The SMILES string of the molecule is NCc1nc2ccc(NCc3cc[nH]c3)nn2c1Br. The van der Waals surface area contributed by atoms with Gasteiger partial charge in [0.1, 0.15) is 10.4 Å². The van der Waals surface area contributed by atoms with Crippen molar-refractivity contribution in [3.63, 3.8) is 0 Å². The maximum Gasteiger partial charge on any atom is 0.155 e. The fourth-order valence-corrected chi connectivity index (χ4v) is 2.35. The third-order valence-corrected chi connectivity index (χ3v) is 3.61. The summed E-state index contributed by atoms with van der Waals surface area (Å²) in [7, 11) is 0. The normalized spacial score (nSPS) is 11.1. The molecule has 3 heterocycles. The number of rotatable bonds is 4. The summed E-state index contributed by atoms with van der Waals surface area (Å²) in [5.74, 6) is 0.787. The van der Waals surface area contributed by atoms with Gasteiger partial charge >= 0.3 is 0 Å². The molecule has 6 nitrogen and oxygen atoms in total. The number of H-pyrrole nitrogens is 1. The number of anilines is 1. The lowest BCUT2D eigenvalue weighted by molar-refractivity contribution is 0.897. The van der Waals surface area contributed by atoms with Crippen LogP contribution in [0.3, 0.4) is 0 Å². The first-order valence-corrected chi connectivity index (χ1v) is 6.67. The van der Waals surface area contributed by atoms with E-state index < -0.39 is 0 Å². The quantitative estimate of drug-likeness (QED) is 0.685. The predicted molar refractivity (Wildman–Crippen MR) is 76.7 cm³/mol.